The number of rotatable bonds is 4. The average Bonchev–Trinajstić information content (AvgIpc) is 3.34. The summed E-state index contributed by atoms with van der Waals surface area (Å²) in [7, 11) is -1.41. The van der Waals surface area contributed by atoms with E-state index in [1.165, 1.54) is 25.8 Å². The molecule has 0 unspecified atom stereocenters. The van der Waals surface area contributed by atoms with Crippen LogP contribution in [0.25, 0.3) is 11.1 Å². The lowest BCUT2D eigenvalue weighted by Crippen LogP contribution is -2.41. The number of halogens is 3. The molecule has 0 amide bonds. The van der Waals surface area contributed by atoms with Crippen LogP contribution in [0.5, 0.6) is 0 Å². The molecule has 0 bridgehead atoms. The molecule has 1 aliphatic rings. The normalized spacial score (nSPS) is 13.0. The third kappa shape index (κ3) is 17.6. The van der Waals surface area contributed by atoms with E-state index in [1.807, 2.05) is 62.3 Å². The number of aryl methyl sites for hydroxylation is 2. The van der Waals surface area contributed by atoms with E-state index in [4.69, 9.17) is 77.1 Å². The average molecular weight is 862 g/mol. The van der Waals surface area contributed by atoms with Gasteiger partial charge in [-0.25, -0.2) is 39.9 Å². The third-order valence-corrected chi connectivity index (χ3v) is 8.73. The Hall–Kier alpha value is -4.42. The van der Waals surface area contributed by atoms with Gasteiger partial charge < -0.3 is 42.3 Å². The van der Waals surface area contributed by atoms with Crippen molar-refractivity contribution in [3.8, 4) is 0 Å². The molecule has 316 valence electrons. The highest BCUT2D eigenvalue weighted by atomic mass is 35.5. The SMILES string of the molecule is C=C(C)B1OC(C)(C)C(C)(C)O1.C=C(C)c1ncnc(C)c1N.C=C(C)c1ncnc(Cl)c1N.CB(O)O.Cc1ncnc(C(C)C)c1N.Nc1c(Cl)ncnc1Cl. The molecule has 0 radical (unpaired) electrons. The Morgan fingerprint density at radius 1 is 0.638 bits per heavy atom. The van der Waals surface area contributed by atoms with E-state index >= 15 is 0 Å². The number of hydrogen-bond acceptors (Lipinski definition) is 16. The van der Waals surface area contributed by atoms with Gasteiger partial charge in [-0.3, -0.25) is 0 Å². The van der Waals surface area contributed by atoms with Crippen LogP contribution < -0.4 is 22.9 Å². The van der Waals surface area contributed by atoms with Crippen molar-refractivity contribution in [3.63, 3.8) is 0 Å². The van der Waals surface area contributed by atoms with Crippen LogP contribution >= 0.6 is 34.8 Å². The van der Waals surface area contributed by atoms with Crippen LogP contribution in [-0.2, 0) is 9.31 Å². The van der Waals surface area contributed by atoms with E-state index in [2.05, 4.69) is 73.5 Å². The summed E-state index contributed by atoms with van der Waals surface area (Å²) in [5, 5.41) is 15.9. The van der Waals surface area contributed by atoms with Crippen molar-refractivity contribution in [2.75, 3.05) is 22.9 Å². The van der Waals surface area contributed by atoms with Crippen molar-refractivity contribution >= 4 is 82.9 Å². The van der Waals surface area contributed by atoms with Crippen molar-refractivity contribution in [2.24, 2.45) is 0 Å². The second-order valence-corrected chi connectivity index (χ2v) is 15.1. The maximum Gasteiger partial charge on any atom is 0.489 e. The largest absolute Gasteiger partial charge is 0.489 e. The molecule has 0 saturated carbocycles. The van der Waals surface area contributed by atoms with E-state index in [9.17, 15) is 0 Å². The van der Waals surface area contributed by atoms with Crippen LogP contribution in [0.4, 0.5) is 22.7 Å². The van der Waals surface area contributed by atoms with Gasteiger partial charge in [0.2, 0.25) is 0 Å². The molecular weight excluding hydrogens is 804 g/mol. The molecule has 0 aromatic carbocycles. The second kappa shape index (κ2) is 24.5. The van der Waals surface area contributed by atoms with Gasteiger partial charge in [0.25, 0.3) is 0 Å². The number of nitrogen functional groups attached to an aromatic ring is 4. The Balaban J connectivity index is 0.000000685. The molecule has 4 aromatic heterocycles. The summed E-state index contributed by atoms with van der Waals surface area (Å²) >= 11 is 16.5. The molecule has 21 heteroatoms. The molecule has 10 N–H and O–H groups in total. The number of nitrogens with zero attached hydrogens (tertiary/aromatic N) is 8. The minimum atomic E-state index is -1.17. The number of aromatic nitrogens is 8. The summed E-state index contributed by atoms with van der Waals surface area (Å²) in [6.45, 7) is 34.2. The predicted octanol–water partition coefficient (Wildman–Crippen LogP) is 7.28. The summed E-state index contributed by atoms with van der Waals surface area (Å²) in [6.07, 6.45) is 5.67. The van der Waals surface area contributed by atoms with Crippen molar-refractivity contribution in [2.45, 2.75) is 100 Å². The lowest BCUT2D eigenvalue weighted by atomic mass is 9.81. The first-order valence-corrected chi connectivity index (χ1v) is 18.7. The van der Waals surface area contributed by atoms with Gasteiger partial charge in [-0.2, -0.15) is 0 Å². The molecule has 0 aliphatic carbocycles. The molecule has 58 heavy (non-hydrogen) atoms. The Bertz CT molecular complexity index is 1890. The molecule has 16 nitrogen and oxygen atoms in total. The van der Waals surface area contributed by atoms with Crippen LogP contribution in [-0.4, -0.2) is 75.4 Å². The van der Waals surface area contributed by atoms with Crippen LogP contribution in [0.1, 0.15) is 96.7 Å². The predicted molar refractivity (Wildman–Crippen MR) is 241 cm³/mol. The molecule has 5 rings (SSSR count). The first kappa shape index (κ1) is 53.6. The zero-order valence-electron chi connectivity index (χ0n) is 35.4. The maximum atomic E-state index is 7.61. The zero-order valence-corrected chi connectivity index (χ0v) is 37.7. The smallest absolute Gasteiger partial charge is 0.427 e. The minimum Gasteiger partial charge on any atom is -0.427 e. The van der Waals surface area contributed by atoms with Crippen LogP contribution in [0, 0.1) is 13.8 Å². The van der Waals surface area contributed by atoms with Gasteiger partial charge in [0, 0.05) is 0 Å². The number of nitrogens with two attached hydrogens (primary N) is 4. The van der Waals surface area contributed by atoms with Crippen molar-refractivity contribution in [3.05, 3.63) is 94.4 Å². The highest BCUT2D eigenvalue weighted by Crippen LogP contribution is 2.38. The fourth-order valence-corrected chi connectivity index (χ4v) is 4.35. The molecule has 1 saturated heterocycles. The maximum absolute atomic E-state index is 7.61. The molecule has 1 fully saturated rings. The van der Waals surface area contributed by atoms with E-state index < -0.39 is 7.12 Å². The highest BCUT2D eigenvalue weighted by molar-refractivity contribution is 6.54. The molecule has 0 spiro atoms. The monoisotopic (exact) mass is 860 g/mol. The third-order valence-electron chi connectivity index (χ3n) is 7.83. The highest BCUT2D eigenvalue weighted by Gasteiger charge is 2.51. The molecule has 5 heterocycles. The lowest BCUT2D eigenvalue weighted by Gasteiger charge is -2.32. The first-order valence-electron chi connectivity index (χ1n) is 17.6. The fourth-order valence-electron chi connectivity index (χ4n) is 3.90. The summed E-state index contributed by atoms with van der Waals surface area (Å²) in [5.41, 5.74) is 30.4. The van der Waals surface area contributed by atoms with Crippen molar-refractivity contribution in [1.29, 1.82) is 0 Å². The first-order chi connectivity index (χ1) is 26.6. The van der Waals surface area contributed by atoms with Crippen LogP contribution in [0.3, 0.4) is 0 Å². The summed E-state index contributed by atoms with van der Waals surface area (Å²) in [6, 6.07) is 0. The van der Waals surface area contributed by atoms with Gasteiger partial charge >= 0.3 is 14.2 Å². The zero-order chi connectivity index (χ0) is 45.3. The van der Waals surface area contributed by atoms with Crippen molar-refractivity contribution < 1.29 is 19.4 Å². The van der Waals surface area contributed by atoms with Gasteiger partial charge in [-0.05, 0) is 86.2 Å². The standard InChI is InChI=1S/C9H17BO2.C8H13N3.C8H11N3.C7H8ClN3.C4H3Cl2N3.CH5BO2/c1-7(2)10-11-8(3,4)9(5,6)12-10;2*1-5(2)8-7(9)6(3)10-4-11-8;1-4(2)6-5(9)7(8)11-3-10-6;5-3-2(7)4(6)9-1-8-3;1-2(3)4/h1H2,2-6H3;4-5H,9H2,1-3H3;4H,1,9H2,2-3H3;3H,1,9H2,2H3;1H,7H2;3-4H,1H3. The van der Waals surface area contributed by atoms with Crippen LogP contribution in [0.15, 0.2) is 50.5 Å². The fraction of sp³-hybridized carbons (Fsp3) is 0.405. The van der Waals surface area contributed by atoms with Gasteiger partial charge in [0.1, 0.15) is 31.0 Å². The summed E-state index contributed by atoms with van der Waals surface area (Å²) in [5.74, 6) is 0.372. The number of allylic oxidation sites excluding steroid dienone is 3. The Morgan fingerprint density at radius 3 is 1.26 bits per heavy atom. The molecular formula is C37H57B2Cl3N12O4. The lowest BCUT2D eigenvalue weighted by molar-refractivity contribution is 0.00578. The number of anilines is 4. The van der Waals surface area contributed by atoms with E-state index in [0.717, 1.165) is 45.1 Å². The quantitative estimate of drug-likeness (QED) is 0.0869. The summed E-state index contributed by atoms with van der Waals surface area (Å²) in [4.78, 5) is 30.8. The Kier molecular flexibility index (Phi) is 22.6. The molecule has 4 aromatic rings. The van der Waals surface area contributed by atoms with Crippen LogP contribution in [0.2, 0.25) is 22.3 Å². The second-order valence-electron chi connectivity index (χ2n) is 14.1. The van der Waals surface area contributed by atoms with Gasteiger partial charge in [-0.1, -0.05) is 67.3 Å². The van der Waals surface area contributed by atoms with Gasteiger partial charge in [-0.15, -0.1) is 6.58 Å². The topological polar surface area (TPSA) is 266 Å². The van der Waals surface area contributed by atoms with Crippen molar-refractivity contribution in [1.82, 2.24) is 39.9 Å². The molecule has 0 atom stereocenters. The van der Waals surface area contributed by atoms with Gasteiger partial charge in [0.15, 0.2) is 15.5 Å². The number of hydrogen-bond donors (Lipinski definition) is 6. The van der Waals surface area contributed by atoms with Gasteiger partial charge in [0.05, 0.1) is 56.7 Å². The molecule has 1 aliphatic heterocycles. The van der Waals surface area contributed by atoms with E-state index in [0.29, 0.717) is 23.0 Å². The van der Waals surface area contributed by atoms with E-state index in [1.54, 1.807) is 6.33 Å². The summed E-state index contributed by atoms with van der Waals surface area (Å²) < 4.78 is 11.4. The Labute approximate surface area is 358 Å². The Morgan fingerprint density at radius 2 is 0.966 bits per heavy atom. The minimum absolute atomic E-state index is 0.190. The van der Waals surface area contributed by atoms with E-state index in [-0.39, 0.29) is 39.5 Å².